The molecule has 174 valence electrons. The maximum Gasteiger partial charge on any atom is 0.262 e. The summed E-state index contributed by atoms with van der Waals surface area (Å²) in [7, 11) is 0. The number of rotatable bonds is 8. The fraction of sp³-hybridized carbons (Fsp3) is 0.185. The molecule has 0 fully saturated rings. The van der Waals surface area contributed by atoms with Crippen LogP contribution in [0.1, 0.15) is 25.3 Å². The number of unbranched alkanes of at least 4 members (excludes halogenated alkanes) is 1. The molecule has 0 saturated heterocycles. The van der Waals surface area contributed by atoms with Gasteiger partial charge in [0.2, 0.25) is 5.43 Å². The number of carbonyl (C=O) groups is 1. The Morgan fingerprint density at radius 1 is 1.00 bits per heavy atom. The second-order valence-electron chi connectivity index (χ2n) is 7.90. The van der Waals surface area contributed by atoms with E-state index in [0.717, 1.165) is 19.3 Å². The van der Waals surface area contributed by atoms with Gasteiger partial charge in [-0.05, 0) is 54.8 Å². The van der Waals surface area contributed by atoms with Crippen LogP contribution in [0.5, 0.6) is 5.75 Å². The number of amides is 1. The van der Waals surface area contributed by atoms with Gasteiger partial charge in [-0.25, -0.2) is 0 Å². The highest BCUT2D eigenvalue weighted by atomic mass is 35.5. The highest BCUT2D eigenvalue weighted by Crippen LogP contribution is 2.30. The van der Waals surface area contributed by atoms with Crippen molar-refractivity contribution in [1.82, 2.24) is 0 Å². The average Bonchev–Trinajstić information content (AvgIpc) is 2.83. The average molecular weight is 496 g/mol. The molecular formula is C27H23Cl2NO4. The predicted octanol–water partition coefficient (Wildman–Crippen LogP) is 7.13. The summed E-state index contributed by atoms with van der Waals surface area (Å²) in [6.07, 6.45) is 4.67. The third-order valence-corrected chi connectivity index (χ3v) is 5.94. The number of anilines is 1. The van der Waals surface area contributed by atoms with E-state index >= 15 is 0 Å². The monoisotopic (exact) mass is 495 g/mol. The summed E-state index contributed by atoms with van der Waals surface area (Å²) in [5, 5.41) is 4.04. The molecule has 5 nitrogen and oxygen atoms in total. The van der Waals surface area contributed by atoms with Gasteiger partial charge >= 0.3 is 0 Å². The third kappa shape index (κ3) is 5.61. The Bertz CT molecular complexity index is 1380. The van der Waals surface area contributed by atoms with E-state index in [1.54, 1.807) is 36.4 Å². The van der Waals surface area contributed by atoms with E-state index < -0.39 is 0 Å². The minimum atomic E-state index is -0.282. The molecule has 3 aromatic carbocycles. The van der Waals surface area contributed by atoms with Crippen molar-refractivity contribution < 1.29 is 13.9 Å². The van der Waals surface area contributed by atoms with Crippen molar-refractivity contribution in [3.63, 3.8) is 0 Å². The van der Waals surface area contributed by atoms with Gasteiger partial charge in [0.15, 0.2) is 6.61 Å². The van der Waals surface area contributed by atoms with Crippen LogP contribution >= 0.6 is 23.2 Å². The number of hydrogen-bond donors (Lipinski definition) is 1. The van der Waals surface area contributed by atoms with Crippen LogP contribution < -0.4 is 15.5 Å². The Kier molecular flexibility index (Phi) is 7.56. The highest BCUT2D eigenvalue weighted by molar-refractivity contribution is 6.36. The first-order valence-electron chi connectivity index (χ1n) is 11.0. The first-order chi connectivity index (χ1) is 16.4. The SMILES string of the molecule is CCCCc1ccc(NC(=O)COc2ccc3c(=O)c(-c4ccc(Cl)cc4Cl)coc3c2)cc1. The Hall–Kier alpha value is -3.28. The summed E-state index contributed by atoms with van der Waals surface area (Å²) >= 11 is 12.2. The largest absolute Gasteiger partial charge is 0.484 e. The van der Waals surface area contributed by atoms with Gasteiger partial charge in [0.05, 0.1) is 16.0 Å². The number of benzene rings is 3. The van der Waals surface area contributed by atoms with Crippen LogP contribution in [-0.2, 0) is 11.2 Å². The van der Waals surface area contributed by atoms with Crippen molar-refractivity contribution >= 4 is 45.8 Å². The fourth-order valence-corrected chi connectivity index (χ4v) is 4.08. The lowest BCUT2D eigenvalue weighted by Crippen LogP contribution is -2.20. The lowest BCUT2D eigenvalue weighted by atomic mass is 10.1. The van der Waals surface area contributed by atoms with Crippen molar-refractivity contribution in [3.05, 3.63) is 92.8 Å². The van der Waals surface area contributed by atoms with Crippen LogP contribution in [0.15, 0.2) is 76.1 Å². The number of aryl methyl sites for hydroxylation is 1. The molecule has 0 radical (unpaired) electrons. The van der Waals surface area contributed by atoms with Crippen molar-refractivity contribution in [2.45, 2.75) is 26.2 Å². The van der Waals surface area contributed by atoms with E-state index in [0.29, 0.717) is 43.6 Å². The summed E-state index contributed by atoms with van der Waals surface area (Å²) in [6, 6.07) is 17.5. The molecule has 1 heterocycles. The summed E-state index contributed by atoms with van der Waals surface area (Å²) in [6.45, 7) is 1.98. The maximum atomic E-state index is 13.0. The summed E-state index contributed by atoms with van der Waals surface area (Å²) in [5.41, 5.74) is 2.96. The second-order valence-corrected chi connectivity index (χ2v) is 8.74. The molecular weight excluding hydrogens is 473 g/mol. The van der Waals surface area contributed by atoms with E-state index in [9.17, 15) is 9.59 Å². The van der Waals surface area contributed by atoms with E-state index in [2.05, 4.69) is 12.2 Å². The Labute approximate surface area is 207 Å². The quantitative estimate of drug-likeness (QED) is 0.282. The number of carbonyl (C=O) groups excluding carboxylic acids is 1. The maximum absolute atomic E-state index is 13.0. The molecule has 0 spiro atoms. The van der Waals surface area contributed by atoms with Crippen LogP contribution in [0.4, 0.5) is 5.69 Å². The molecule has 34 heavy (non-hydrogen) atoms. The third-order valence-electron chi connectivity index (χ3n) is 5.39. The molecule has 0 bridgehead atoms. The predicted molar refractivity (Wildman–Crippen MR) is 137 cm³/mol. The van der Waals surface area contributed by atoms with Crippen LogP contribution in [0.2, 0.25) is 10.0 Å². The number of hydrogen-bond acceptors (Lipinski definition) is 4. The minimum Gasteiger partial charge on any atom is -0.484 e. The minimum absolute atomic E-state index is 0.175. The summed E-state index contributed by atoms with van der Waals surface area (Å²) in [4.78, 5) is 25.3. The lowest BCUT2D eigenvalue weighted by Gasteiger charge is -2.09. The molecule has 7 heteroatoms. The van der Waals surface area contributed by atoms with Crippen molar-refractivity contribution in [3.8, 4) is 16.9 Å². The van der Waals surface area contributed by atoms with Crippen molar-refractivity contribution in [1.29, 1.82) is 0 Å². The molecule has 0 saturated carbocycles. The first kappa shape index (κ1) is 23.9. The van der Waals surface area contributed by atoms with Gasteiger partial charge < -0.3 is 14.5 Å². The Morgan fingerprint density at radius 2 is 1.79 bits per heavy atom. The Balaban J connectivity index is 1.43. The van der Waals surface area contributed by atoms with E-state index in [4.69, 9.17) is 32.4 Å². The van der Waals surface area contributed by atoms with Crippen LogP contribution in [0.25, 0.3) is 22.1 Å². The van der Waals surface area contributed by atoms with Crippen LogP contribution in [0.3, 0.4) is 0 Å². The fourth-order valence-electron chi connectivity index (χ4n) is 3.57. The topological polar surface area (TPSA) is 68.5 Å². The van der Waals surface area contributed by atoms with E-state index in [-0.39, 0.29) is 17.9 Å². The molecule has 1 N–H and O–H groups in total. The van der Waals surface area contributed by atoms with Gasteiger partial charge in [-0.15, -0.1) is 0 Å². The van der Waals surface area contributed by atoms with Gasteiger partial charge in [-0.3, -0.25) is 9.59 Å². The zero-order valence-corrected chi connectivity index (χ0v) is 20.1. The highest BCUT2D eigenvalue weighted by Gasteiger charge is 2.13. The van der Waals surface area contributed by atoms with Gasteiger partial charge in [-0.2, -0.15) is 0 Å². The molecule has 4 rings (SSSR count). The lowest BCUT2D eigenvalue weighted by molar-refractivity contribution is -0.118. The molecule has 0 unspecified atom stereocenters. The van der Waals surface area contributed by atoms with E-state index in [1.165, 1.54) is 11.8 Å². The summed E-state index contributed by atoms with van der Waals surface area (Å²) in [5.74, 6) is 0.133. The van der Waals surface area contributed by atoms with E-state index in [1.807, 2.05) is 24.3 Å². The zero-order valence-electron chi connectivity index (χ0n) is 18.6. The molecule has 4 aromatic rings. The van der Waals surface area contributed by atoms with Gasteiger partial charge in [0.1, 0.15) is 17.6 Å². The number of ether oxygens (including phenoxy) is 1. The normalized spacial score (nSPS) is 10.9. The standard InChI is InChI=1S/C27H23Cl2NO4/c1-2-3-4-17-5-8-19(9-6-17)30-26(31)16-33-20-10-12-22-25(14-20)34-15-23(27(22)32)21-11-7-18(28)13-24(21)29/h5-15H,2-4,16H2,1H3,(H,30,31). The van der Waals surface area contributed by atoms with Crippen molar-refractivity contribution in [2.24, 2.45) is 0 Å². The molecule has 1 aromatic heterocycles. The number of halogens is 2. The van der Waals surface area contributed by atoms with Gasteiger partial charge in [0.25, 0.3) is 5.91 Å². The molecule has 0 atom stereocenters. The smallest absolute Gasteiger partial charge is 0.262 e. The molecule has 0 aliphatic carbocycles. The molecule has 0 aliphatic rings. The Morgan fingerprint density at radius 3 is 2.53 bits per heavy atom. The number of fused-ring (bicyclic) bond motifs is 1. The zero-order chi connectivity index (χ0) is 24.1. The van der Waals surface area contributed by atoms with Crippen LogP contribution in [-0.4, -0.2) is 12.5 Å². The van der Waals surface area contributed by atoms with Gasteiger partial charge in [0, 0.05) is 22.3 Å². The second kappa shape index (κ2) is 10.8. The number of nitrogens with one attached hydrogen (secondary N) is 1. The van der Waals surface area contributed by atoms with Gasteiger partial charge in [-0.1, -0.05) is 54.7 Å². The summed E-state index contributed by atoms with van der Waals surface area (Å²) < 4.78 is 11.3. The molecule has 1 amide bonds. The van der Waals surface area contributed by atoms with Crippen LogP contribution in [0, 0.1) is 0 Å². The molecule has 0 aliphatic heterocycles. The first-order valence-corrected chi connectivity index (χ1v) is 11.7. The van der Waals surface area contributed by atoms with Crippen molar-refractivity contribution in [2.75, 3.05) is 11.9 Å².